The van der Waals surface area contributed by atoms with Crippen LogP contribution >= 0.6 is 38.9 Å². The smallest absolute Gasteiger partial charge is 0.134 e. The van der Waals surface area contributed by atoms with E-state index < -0.39 is 0 Å². The summed E-state index contributed by atoms with van der Waals surface area (Å²) in [6.07, 6.45) is 0. The zero-order chi connectivity index (χ0) is 12.3. The van der Waals surface area contributed by atoms with Crippen LogP contribution < -0.4 is 10.5 Å². The molecule has 0 spiro atoms. The van der Waals surface area contributed by atoms with Crippen molar-refractivity contribution in [2.45, 2.75) is 13.2 Å². The molecule has 1 heterocycles. The predicted molar refractivity (Wildman–Crippen MR) is 73.5 cm³/mol. The molecule has 0 unspecified atom stereocenters. The van der Waals surface area contributed by atoms with Gasteiger partial charge in [0, 0.05) is 16.9 Å². The molecule has 0 atom stereocenters. The molecule has 0 saturated carbocycles. The second kappa shape index (κ2) is 5.82. The van der Waals surface area contributed by atoms with Crippen LogP contribution in [-0.4, -0.2) is 4.98 Å². The largest absolute Gasteiger partial charge is 0.486 e. The minimum absolute atomic E-state index is 0.427. The molecule has 90 valence electrons. The summed E-state index contributed by atoms with van der Waals surface area (Å²) in [5.74, 6) is 0.747. The van der Waals surface area contributed by atoms with E-state index in [-0.39, 0.29) is 0 Å². The first-order valence-electron chi connectivity index (χ1n) is 4.90. The van der Waals surface area contributed by atoms with Gasteiger partial charge in [0.25, 0.3) is 0 Å². The van der Waals surface area contributed by atoms with Crippen molar-refractivity contribution in [3.8, 4) is 5.75 Å². The Hall–Kier alpha value is -0.620. The minimum atomic E-state index is 0.427. The number of nitrogens with two attached hydrogens (primary N) is 1. The maximum atomic E-state index is 5.85. The van der Waals surface area contributed by atoms with Crippen molar-refractivity contribution >= 4 is 38.9 Å². The molecule has 0 radical (unpaired) electrons. The highest BCUT2D eigenvalue weighted by Crippen LogP contribution is 2.28. The van der Waals surface area contributed by atoms with E-state index in [1.165, 1.54) is 0 Å². The highest BCUT2D eigenvalue weighted by atomic mass is 79.9. The Balaban J connectivity index is 2.02. The number of halogens is 2. The van der Waals surface area contributed by atoms with Crippen molar-refractivity contribution < 1.29 is 4.74 Å². The molecular formula is C11H10BrClN2OS. The van der Waals surface area contributed by atoms with Gasteiger partial charge < -0.3 is 10.5 Å². The van der Waals surface area contributed by atoms with E-state index in [9.17, 15) is 0 Å². The zero-order valence-electron chi connectivity index (χ0n) is 8.82. The summed E-state index contributed by atoms with van der Waals surface area (Å²) < 4.78 is 6.47. The molecule has 1 aromatic heterocycles. The van der Waals surface area contributed by atoms with Crippen molar-refractivity contribution in [2.75, 3.05) is 0 Å². The average Bonchev–Trinajstić information content (AvgIpc) is 2.76. The normalized spacial score (nSPS) is 10.5. The lowest BCUT2D eigenvalue weighted by molar-refractivity contribution is 0.300. The third-order valence-corrected chi connectivity index (χ3v) is 3.82. The van der Waals surface area contributed by atoms with Gasteiger partial charge in [0.1, 0.15) is 17.4 Å². The first kappa shape index (κ1) is 12.8. The van der Waals surface area contributed by atoms with Crippen LogP contribution in [0.3, 0.4) is 0 Å². The van der Waals surface area contributed by atoms with E-state index in [2.05, 4.69) is 20.9 Å². The summed E-state index contributed by atoms with van der Waals surface area (Å²) in [7, 11) is 0. The zero-order valence-corrected chi connectivity index (χ0v) is 12.0. The number of ether oxygens (including phenoxy) is 1. The molecule has 0 aliphatic rings. The quantitative estimate of drug-likeness (QED) is 0.930. The molecule has 0 bridgehead atoms. The van der Waals surface area contributed by atoms with E-state index in [1.54, 1.807) is 23.5 Å². The lowest BCUT2D eigenvalue weighted by Crippen LogP contribution is -1.99. The number of benzene rings is 1. The third-order valence-electron chi connectivity index (χ3n) is 2.04. The highest BCUT2D eigenvalue weighted by molar-refractivity contribution is 9.10. The van der Waals surface area contributed by atoms with Gasteiger partial charge in [-0.25, -0.2) is 4.98 Å². The highest BCUT2D eigenvalue weighted by Gasteiger charge is 2.04. The van der Waals surface area contributed by atoms with Crippen molar-refractivity contribution in [1.29, 1.82) is 0 Å². The number of thiazole rings is 1. The maximum absolute atomic E-state index is 5.85. The molecule has 0 saturated heterocycles. The number of rotatable bonds is 4. The fourth-order valence-electron chi connectivity index (χ4n) is 1.25. The summed E-state index contributed by atoms with van der Waals surface area (Å²) >= 11 is 10.8. The van der Waals surface area contributed by atoms with Gasteiger partial charge in [-0.3, -0.25) is 0 Å². The minimum Gasteiger partial charge on any atom is -0.486 e. The lowest BCUT2D eigenvalue weighted by Gasteiger charge is -2.06. The first-order chi connectivity index (χ1) is 8.19. The van der Waals surface area contributed by atoms with Gasteiger partial charge in [-0.15, -0.1) is 11.3 Å². The molecular weight excluding hydrogens is 324 g/mol. The van der Waals surface area contributed by atoms with Crippen LogP contribution in [0, 0.1) is 0 Å². The van der Waals surface area contributed by atoms with Crippen LogP contribution in [0.2, 0.25) is 5.02 Å². The topological polar surface area (TPSA) is 48.1 Å². The molecule has 0 aliphatic heterocycles. The molecule has 3 nitrogen and oxygen atoms in total. The molecule has 6 heteroatoms. The molecule has 0 fully saturated rings. The van der Waals surface area contributed by atoms with Crippen molar-refractivity contribution in [2.24, 2.45) is 5.73 Å². The van der Waals surface area contributed by atoms with E-state index >= 15 is 0 Å². The molecule has 17 heavy (non-hydrogen) atoms. The Morgan fingerprint density at radius 1 is 1.47 bits per heavy atom. The van der Waals surface area contributed by atoms with E-state index in [1.807, 2.05) is 11.4 Å². The van der Waals surface area contributed by atoms with E-state index in [4.69, 9.17) is 22.1 Å². The molecule has 0 amide bonds. The number of aromatic nitrogens is 1. The van der Waals surface area contributed by atoms with Crippen molar-refractivity contribution in [1.82, 2.24) is 4.98 Å². The van der Waals surface area contributed by atoms with Gasteiger partial charge in [-0.05, 0) is 34.1 Å². The molecule has 2 aromatic rings. The summed E-state index contributed by atoms with van der Waals surface area (Å²) in [4.78, 5) is 4.32. The summed E-state index contributed by atoms with van der Waals surface area (Å²) in [5.41, 5.74) is 6.38. The fourth-order valence-corrected chi connectivity index (χ4v) is 2.71. The summed E-state index contributed by atoms with van der Waals surface area (Å²) in [6, 6.07) is 5.40. The lowest BCUT2D eigenvalue weighted by atomic mass is 10.3. The Labute approximate surface area is 117 Å². The fraction of sp³-hybridized carbons (Fsp3) is 0.182. The van der Waals surface area contributed by atoms with Crippen LogP contribution in [0.25, 0.3) is 0 Å². The van der Waals surface area contributed by atoms with Gasteiger partial charge in [0.15, 0.2) is 0 Å². The van der Waals surface area contributed by atoms with Crippen LogP contribution in [0.1, 0.15) is 10.7 Å². The van der Waals surface area contributed by atoms with E-state index in [0.29, 0.717) is 18.2 Å². The summed E-state index contributed by atoms with van der Waals surface area (Å²) in [6.45, 7) is 0.895. The van der Waals surface area contributed by atoms with E-state index in [0.717, 1.165) is 20.9 Å². The number of hydrogen-bond donors (Lipinski definition) is 1. The van der Waals surface area contributed by atoms with Crippen LogP contribution in [-0.2, 0) is 13.2 Å². The maximum Gasteiger partial charge on any atom is 0.134 e. The number of hydrogen-bond acceptors (Lipinski definition) is 4. The van der Waals surface area contributed by atoms with Gasteiger partial charge >= 0.3 is 0 Å². The SMILES string of the molecule is NCc1nc(COc2ccc(Cl)cc2Br)cs1. The second-order valence-corrected chi connectivity index (χ2v) is 5.53. The Kier molecular flexibility index (Phi) is 4.39. The van der Waals surface area contributed by atoms with Gasteiger partial charge in [0.05, 0.1) is 10.2 Å². The van der Waals surface area contributed by atoms with Gasteiger partial charge in [-0.1, -0.05) is 11.6 Å². The van der Waals surface area contributed by atoms with Gasteiger partial charge in [-0.2, -0.15) is 0 Å². The van der Waals surface area contributed by atoms with Crippen molar-refractivity contribution in [3.63, 3.8) is 0 Å². The Morgan fingerprint density at radius 3 is 2.94 bits per heavy atom. The molecule has 2 N–H and O–H groups in total. The molecule has 1 aromatic carbocycles. The second-order valence-electron chi connectivity index (χ2n) is 3.30. The van der Waals surface area contributed by atoms with Gasteiger partial charge in [0.2, 0.25) is 0 Å². The van der Waals surface area contributed by atoms with Crippen LogP contribution in [0.15, 0.2) is 28.1 Å². The monoisotopic (exact) mass is 332 g/mol. The standard InChI is InChI=1S/C11H10BrClN2OS/c12-9-3-7(13)1-2-10(9)16-5-8-6-17-11(4-14)15-8/h1-3,6H,4-5,14H2. The third kappa shape index (κ3) is 3.42. The average molecular weight is 334 g/mol. The van der Waals surface area contributed by atoms with Crippen LogP contribution in [0.4, 0.5) is 0 Å². The number of nitrogens with zero attached hydrogens (tertiary/aromatic N) is 1. The summed E-state index contributed by atoms with van der Waals surface area (Å²) in [5, 5.41) is 3.54. The first-order valence-corrected chi connectivity index (χ1v) is 6.95. The van der Waals surface area contributed by atoms with Crippen molar-refractivity contribution in [3.05, 3.63) is 43.8 Å². The Morgan fingerprint density at radius 2 is 2.29 bits per heavy atom. The van der Waals surface area contributed by atoms with Crippen LogP contribution in [0.5, 0.6) is 5.75 Å². The Bertz CT molecular complexity index is 518. The molecule has 0 aliphatic carbocycles. The molecule has 2 rings (SSSR count). The predicted octanol–water partition coefficient (Wildman–Crippen LogP) is 3.60.